The summed E-state index contributed by atoms with van der Waals surface area (Å²) in [5.41, 5.74) is 3.61. The molecule has 1 amide bonds. The van der Waals surface area contributed by atoms with Crippen molar-refractivity contribution in [1.82, 2.24) is 4.98 Å². The van der Waals surface area contributed by atoms with Crippen LogP contribution in [0.25, 0.3) is 21.8 Å². The monoisotopic (exact) mass is 420 g/mol. The van der Waals surface area contributed by atoms with E-state index < -0.39 is 0 Å². The van der Waals surface area contributed by atoms with Gasteiger partial charge in [0.25, 0.3) is 5.91 Å². The molecule has 0 saturated heterocycles. The van der Waals surface area contributed by atoms with Crippen molar-refractivity contribution in [1.29, 1.82) is 0 Å². The van der Waals surface area contributed by atoms with Crippen LogP contribution in [-0.4, -0.2) is 17.5 Å². The number of thiazole rings is 1. The molecule has 1 N–H and O–H groups in total. The van der Waals surface area contributed by atoms with Gasteiger partial charge in [-0.15, -0.1) is 11.3 Å². The maximum absolute atomic E-state index is 12.2. The lowest BCUT2D eigenvalue weighted by molar-refractivity contribution is -0.118. The van der Waals surface area contributed by atoms with Gasteiger partial charge in [0.15, 0.2) is 6.61 Å². The Morgan fingerprint density at radius 2 is 1.72 bits per heavy atom. The Labute approximate surface area is 177 Å². The summed E-state index contributed by atoms with van der Waals surface area (Å²) >= 11 is 7.44. The van der Waals surface area contributed by atoms with Crippen LogP contribution in [-0.2, 0) is 4.79 Å². The predicted molar refractivity (Wildman–Crippen MR) is 119 cm³/mol. The fourth-order valence-electron chi connectivity index (χ4n) is 2.75. The van der Waals surface area contributed by atoms with Gasteiger partial charge in [-0.25, -0.2) is 4.98 Å². The van der Waals surface area contributed by atoms with Crippen molar-refractivity contribution in [2.45, 2.75) is 0 Å². The minimum absolute atomic E-state index is 0.0826. The van der Waals surface area contributed by atoms with Gasteiger partial charge in [0.05, 0.1) is 5.69 Å². The number of nitrogens with zero attached hydrogens (tertiary/aromatic N) is 1. The van der Waals surface area contributed by atoms with E-state index in [-0.39, 0.29) is 12.5 Å². The molecule has 6 heteroatoms. The van der Waals surface area contributed by atoms with Crippen LogP contribution < -0.4 is 10.1 Å². The molecule has 0 bridgehead atoms. The van der Waals surface area contributed by atoms with E-state index in [9.17, 15) is 4.79 Å². The zero-order valence-electron chi connectivity index (χ0n) is 15.3. The molecule has 0 spiro atoms. The zero-order valence-corrected chi connectivity index (χ0v) is 16.9. The second-order valence-electron chi connectivity index (χ2n) is 6.28. The van der Waals surface area contributed by atoms with Crippen LogP contribution in [0.4, 0.5) is 5.69 Å². The molecule has 0 saturated carbocycles. The number of ether oxygens (including phenoxy) is 1. The summed E-state index contributed by atoms with van der Waals surface area (Å²) in [5, 5.41) is 6.46. The molecule has 4 rings (SSSR count). The fourth-order valence-corrected chi connectivity index (χ4v) is 3.71. The van der Waals surface area contributed by atoms with Crippen LogP contribution in [0.2, 0.25) is 5.02 Å². The Morgan fingerprint density at radius 3 is 2.52 bits per heavy atom. The van der Waals surface area contributed by atoms with E-state index in [0.29, 0.717) is 16.5 Å². The lowest BCUT2D eigenvalue weighted by Gasteiger charge is -2.08. The molecule has 4 aromatic rings. The van der Waals surface area contributed by atoms with Crippen molar-refractivity contribution >= 4 is 34.5 Å². The summed E-state index contributed by atoms with van der Waals surface area (Å²) in [4.78, 5) is 16.9. The summed E-state index contributed by atoms with van der Waals surface area (Å²) < 4.78 is 5.48. The summed E-state index contributed by atoms with van der Waals surface area (Å²) in [6, 6.07) is 24.6. The lowest BCUT2D eigenvalue weighted by atomic mass is 10.1. The van der Waals surface area contributed by atoms with Crippen molar-refractivity contribution in [3.63, 3.8) is 0 Å². The number of anilines is 1. The van der Waals surface area contributed by atoms with Gasteiger partial charge in [-0.1, -0.05) is 54.1 Å². The summed E-state index contributed by atoms with van der Waals surface area (Å²) in [6.07, 6.45) is 0. The average Bonchev–Trinajstić information content (AvgIpc) is 3.25. The molecule has 0 radical (unpaired) electrons. The van der Waals surface area contributed by atoms with Gasteiger partial charge in [-0.05, 0) is 36.4 Å². The number of benzene rings is 3. The Bertz CT molecular complexity index is 1110. The van der Waals surface area contributed by atoms with Gasteiger partial charge in [0, 0.05) is 27.2 Å². The van der Waals surface area contributed by atoms with Crippen LogP contribution in [0.15, 0.2) is 84.2 Å². The highest BCUT2D eigenvalue weighted by molar-refractivity contribution is 7.13. The van der Waals surface area contributed by atoms with Gasteiger partial charge in [-0.2, -0.15) is 0 Å². The van der Waals surface area contributed by atoms with Gasteiger partial charge in [0.2, 0.25) is 0 Å². The second kappa shape index (κ2) is 8.90. The molecule has 0 fully saturated rings. The number of aromatic nitrogens is 1. The largest absolute Gasteiger partial charge is 0.484 e. The van der Waals surface area contributed by atoms with Crippen LogP contribution in [0.1, 0.15) is 0 Å². The van der Waals surface area contributed by atoms with E-state index in [1.807, 2.05) is 60.0 Å². The maximum atomic E-state index is 12.2. The van der Waals surface area contributed by atoms with Crippen LogP contribution in [0, 0.1) is 0 Å². The van der Waals surface area contributed by atoms with Crippen molar-refractivity contribution in [3.05, 3.63) is 89.3 Å². The minimum atomic E-state index is -0.236. The first-order valence-electron chi connectivity index (χ1n) is 8.97. The van der Waals surface area contributed by atoms with Crippen LogP contribution in [0.5, 0.6) is 5.75 Å². The van der Waals surface area contributed by atoms with E-state index >= 15 is 0 Å². The molecule has 3 aromatic carbocycles. The Hall–Kier alpha value is -3.15. The van der Waals surface area contributed by atoms with Gasteiger partial charge in [0.1, 0.15) is 10.8 Å². The quantitative estimate of drug-likeness (QED) is 0.407. The summed E-state index contributed by atoms with van der Waals surface area (Å²) in [5.74, 6) is 0.356. The molecule has 1 aromatic heterocycles. The van der Waals surface area contributed by atoms with Crippen molar-refractivity contribution < 1.29 is 9.53 Å². The second-order valence-corrected chi connectivity index (χ2v) is 7.57. The smallest absolute Gasteiger partial charge is 0.262 e. The van der Waals surface area contributed by atoms with Crippen molar-refractivity contribution in [2.24, 2.45) is 0 Å². The van der Waals surface area contributed by atoms with E-state index in [2.05, 4.69) is 5.32 Å². The highest BCUT2D eigenvalue weighted by Crippen LogP contribution is 2.29. The number of amides is 1. The molecule has 0 aliphatic carbocycles. The topological polar surface area (TPSA) is 51.2 Å². The summed E-state index contributed by atoms with van der Waals surface area (Å²) in [6.45, 7) is -0.0826. The lowest BCUT2D eigenvalue weighted by Crippen LogP contribution is -2.20. The van der Waals surface area contributed by atoms with E-state index in [1.165, 1.54) is 0 Å². The first-order chi connectivity index (χ1) is 14.2. The van der Waals surface area contributed by atoms with E-state index in [4.69, 9.17) is 21.3 Å². The van der Waals surface area contributed by atoms with Crippen molar-refractivity contribution in [3.8, 4) is 27.6 Å². The molecule has 4 nitrogen and oxygen atoms in total. The predicted octanol–water partition coefficient (Wildman–Crippen LogP) is 6.15. The number of hydrogen-bond acceptors (Lipinski definition) is 4. The van der Waals surface area contributed by atoms with Gasteiger partial charge >= 0.3 is 0 Å². The minimum Gasteiger partial charge on any atom is -0.484 e. The van der Waals surface area contributed by atoms with Gasteiger partial charge < -0.3 is 10.1 Å². The number of rotatable bonds is 6. The van der Waals surface area contributed by atoms with E-state index in [0.717, 1.165) is 21.8 Å². The first kappa shape index (κ1) is 19.2. The third-order valence-electron chi connectivity index (χ3n) is 4.15. The average molecular weight is 421 g/mol. The number of carbonyl (C=O) groups excluding carboxylic acids is 1. The number of nitrogens with one attached hydrogen (secondary N) is 1. The first-order valence-corrected chi connectivity index (χ1v) is 10.2. The Morgan fingerprint density at radius 1 is 0.966 bits per heavy atom. The van der Waals surface area contributed by atoms with E-state index in [1.54, 1.807) is 35.6 Å². The molecule has 0 aliphatic rings. The molecule has 0 unspecified atom stereocenters. The zero-order chi connectivity index (χ0) is 20.1. The fraction of sp³-hybridized carbons (Fsp3) is 0.0435. The Kier molecular flexibility index (Phi) is 5.89. The third-order valence-corrected chi connectivity index (χ3v) is 5.29. The molecule has 0 atom stereocenters. The van der Waals surface area contributed by atoms with Crippen LogP contribution >= 0.6 is 22.9 Å². The molecular formula is C23H17ClN2O2S. The molecular weight excluding hydrogens is 404 g/mol. The highest BCUT2D eigenvalue weighted by atomic mass is 35.5. The number of hydrogen-bond donors (Lipinski definition) is 1. The molecule has 29 heavy (non-hydrogen) atoms. The van der Waals surface area contributed by atoms with Crippen LogP contribution in [0.3, 0.4) is 0 Å². The molecule has 0 aliphatic heterocycles. The maximum Gasteiger partial charge on any atom is 0.262 e. The standard InChI is InChI=1S/C23H17ClN2O2S/c24-18-9-11-20(12-10-18)28-14-22(27)25-19-8-4-7-17(13-19)21-15-29-23(26-21)16-5-2-1-3-6-16/h1-13,15H,14H2,(H,25,27). The highest BCUT2D eigenvalue weighted by Gasteiger charge is 2.09. The third kappa shape index (κ3) is 5.02. The number of carbonyl (C=O) groups is 1. The Balaban J connectivity index is 1.41. The SMILES string of the molecule is O=C(COc1ccc(Cl)cc1)Nc1cccc(-c2csc(-c3ccccc3)n2)c1. The normalized spacial score (nSPS) is 10.5. The van der Waals surface area contributed by atoms with Crippen molar-refractivity contribution in [2.75, 3.05) is 11.9 Å². The molecule has 1 heterocycles. The molecule has 144 valence electrons. The van der Waals surface area contributed by atoms with Gasteiger partial charge in [-0.3, -0.25) is 4.79 Å². The number of halogens is 1. The summed E-state index contributed by atoms with van der Waals surface area (Å²) in [7, 11) is 0.